The Morgan fingerprint density at radius 2 is 2.04 bits per heavy atom. The van der Waals surface area contributed by atoms with E-state index in [0.717, 1.165) is 46.4 Å². The van der Waals surface area contributed by atoms with Crippen molar-refractivity contribution in [2.24, 2.45) is 5.92 Å². The fourth-order valence-corrected chi connectivity index (χ4v) is 3.92. The summed E-state index contributed by atoms with van der Waals surface area (Å²) in [5.41, 5.74) is 2.88. The third-order valence-corrected chi connectivity index (χ3v) is 5.54. The molecule has 1 aliphatic carbocycles. The summed E-state index contributed by atoms with van der Waals surface area (Å²) in [7, 11) is 0. The van der Waals surface area contributed by atoms with Crippen molar-refractivity contribution in [3.8, 4) is 0 Å². The molecule has 1 saturated carbocycles. The third kappa shape index (κ3) is 4.08. The summed E-state index contributed by atoms with van der Waals surface area (Å²) in [5.74, 6) is 1.69. The molecular weight excluding hydrogens is 402 g/mol. The Morgan fingerprint density at radius 1 is 1.22 bits per heavy atom. The lowest BCUT2D eigenvalue weighted by Crippen LogP contribution is -2.33. The van der Waals surface area contributed by atoms with Gasteiger partial charge in [0.05, 0.1) is 17.6 Å². The van der Waals surface area contributed by atoms with Gasteiger partial charge in [-0.05, 0) is 55.5 Å². The first-order valence-corrected chi connectivity index (χ1v) is 10.4. The van der Waals surface area contributed by atoms with Crippen molar-refractivity contribution >= 4 is 32.9 Å². The van der Waals surface area contributed by atoms with Gasteiger partial charge in [-0.1, -0.05) is 41.1 Å². The van der Waals surface area contributed by atoms with Crippen LogP contribution in [-0.4, -0.2) is 26.9 Å². The van der Waals surface area contributed by atoms with E-state index >= 15 is 0 Å². The number of rotatable bonds is 7. The van der Waals surface area contributed by atoms with Crippen LogP contribution in [-0.2, 0) is 13.1 Å². The normalized spacial score (nSPS) is 13.9. The SMILES string of the molecule is CCCn1c(CN(CC2CC2)C(=O)c2cccc(Br)c2)nc2ccccc21. The van der Waals surface area contributed by atoms with E-state index in [1.807, 2.05) is 41.3 Å². The number of aryl methyl sites for hydroxylation is 1. The number of hydrogen-bond acceptors (Lipinski definition) is 2. The summed E-state index contributed by atoms with van der Waals surface area (Å²) in [6.07, 6.45) is 3.47. The Hall–Kier alpha value is -2.14. The van der Waals surface area contributed by atoms with E-state index in [1.165, 1.54) is 12.8 Å². The zero-order valence-corrected chi connectivity index (χ0v) is 17.2. The van der Waals surface area contributed by atoms with Crippen LogP contribution in [0.5, 0.6) is 0 Å². The lowest BCUT2D eigenvalue weighted by atomic mass is 10.2. The van der Waals surface area contributed by atoms with Crippen LogP contribution in [0.4, 0.5) is 0 Å². The van der Waals surface area contributed by atoms with Crippen LogP contribution >= 0.6 is 15.9 Å². The summed E-state index contributed by atoms with van der Waals surface area (Å²) >= 11 is 3.48. The Kier molecular flexibility index (Phi) is 5.30. The van der Waals surface area contributed by atoms with Gasteiger partial charge in [-0.25, -0.2) is 4.98 Å². The lowest BCUT2D eigenvalue weighted by Gasteiger charge is -2.23. The molecule has 3 aromatic rings. The number of halogens is 1. The monoisotopic (exact) mass is 425 g/mol. The van der Waals surface area contributed by atoms with Crippen LogP contribution in [0.15, 0.2) is 53.0 Å². The first-order chi connectivity index (χ1) is 13.2. The zero-order valence-electron chi connectivity index (χ0n) is 15.6. The maximum Gasteiger partial charge on any atom is 0.254 e. The van der Waals surface area contributed by atoms with Crippen LogP contribution in [0.1, 0.15) is 42.4 Å². The molecule has 0 spiro atoms. The van der Waals surface area contributed by atoms with E-state index in [9.17, 15) is 4.79 Å². The molecule has 1 aromatic heterocycles. The summed E-state index contributed by atoms with van der Waals surface area (Å²) in [5, 5.41) is 0. The topological polar surface area (TPSA) is 38.1 Å². The van der Waals surface area contributed by atoms with Gasteiger partial charge in [0.15, 0.2) is 0 Å². The number of fused-ring (bicyclic) bond motifs is 1. The first kappa shape index (κ1) is 18.2. The van der Waals surface area contributed by atoms with Gasteiger partial charge in [-0.3, -0.25) is 4.79 Å². The van der Waals surface area contributed by atoms with Crippen molar-refractivity contribution in [3.05, 3.63) is 64.4 Å². The Morgan fingerprint density at radius 3 is 2.78 bits per heavy atom. The minimum absolute atomic E-state index is 0.0818. The van der Waals surface area contributed by atoms with Crippen molar-refractivity contribution in [3.63, 3.8) is 0 Å². The van der Waals surface area contributed by atoms with Crippen LogP contribution in [0.2, 0.25) is 0 Å². The fraction of sp³-hybridized carbons (Fsp3) is 0.364. The predicted octanol–water partition coefficient (Wildman–Crippen LogP) is 5.26. The molecule has 5 heteroatoms. The number of carbonyl (C=O) groups excluding carboxylic acids is 1. The third-order valence-electron chi connectivity index (χ3n) is 5.05. The molecular formula is C22H24BrN3O. The highest BCUT2D eigenvalue weighted by molar-refractivity contribution is 9.10. The van der Waals surface area contributed by atoms with Gasteiger partial charge in [-0.2, -0.15) is 0 Å². The molecule has 0 N–H and O–H groups in total. The number of benzene rings is 2. The molecule has 4 rings (SSSR count). The molecule has 0 radical (unpaired) electrons. The highest BCUT2D eigenvalue weighted by atomic mass is 79.9. The Balaban J connectivity index is 1.66. The van der Waals surface area contributed by atoms with Crippen LogP contribution in [0, 0.1) is 5.92 Å². The second-order valence-electron chi connectivity index (χ2n) is 7.31. The van der Waals surface area contributed by atoms with Crippen molar-refractivity contribution in [2.75, 3.05) is 6.54 Å². The zero-order chi connectivity index (χ0) is 18.8. The highest BCUT2D eigenvalue weighted by Crippen LogP contribution is 2.31. The van der Waals surface area contributed by atoms with Crippen LogP contribution < -0.4 is 0 Å². The fourth-order valence-electron chi connectivity index (χ4n) is 3.53. The van der Waals surface area contributed by atoms with Gasteiger partial charge >= 0.3 is 0 Å². The average Bonchev–Trinajstić information content (AvgIpc) is 3.43. The number of imidazole rings is 1. The van der Waals surface area contributed by atoms with E-state index in [4.69, 9.17) is 4.98 Å². The maximum absolute atomic E-state index is 13.2. The van der Waals surface area contributed by atoms with E-state index in [2.05, 4.69) is 39.6 Å². The van der Waals surface area contributed by atoms with E-state index < -0.39 is 0 Å². The van der Waals surface area contributed by atoms with Gasteiger partial charge in [-0.15, -0.1) is 0 Å². The lowest BCUT2D eigenvalue weighted by molar-refractivity contribution is 0.0728. The number of hydrogen-bond donors (Lipinski definition) is 0. The summed E-state index contributed by atoms with van der Waals surface area (Å²) < 4.78 is 3.20. The number of aromatic nitrogens is 2. The van der Waals surface area contributed by atoms with Gasteiger partial charge in [0, 0.05) is 23.1 Å². The molecule has 2 aromatic carbocycles. The summed E-state index contributed by atoms with van der Waals surface area (Å²) in [6.45, 7) is 4.45. The maximum atomic E-state index is 13.2. The second kappa shape index (κ2) is 7.85. The van der Waals surface area contributed by atoms with Gasteiger partial charge in [0.2, 0.25) is 0 Å². The number of amides is 1. The van der Waals surface area contributed by atoms with Crippen LogP contribution in [0.3, 0.4) is 0 Å². The molecule has 1 fully saturated rings. The molecule has 140 valence electrons. The molecule has 0 unspecified atom stereocenters. The molecule has 1 heterocycles. The molecule has 0 bridgehead atoms. The molecule has 1 amide bonds. The molecule has 0 aliphatic heterocycles. The van der Waals surface area contributed by atoms with Crippen LogP contribution in [0.25, 0.3) is 11.0 Å². The molecule has 0 saturated heterocycles. The Bertz CT molecular complexity index is 961. The second-order valence-corrected chi connectivity index (χ2v) is 8.22. The summed E-state index contributed by atoms with van der Waals surface area (Å²) in [6, 6.07) is 15.9. The predicted molar refractivity (Wildman–Crippen MR) is 112 cm³/mol. The largest absolute Gasteiger partial charge is 0.331 e. The molecule has 0 atom stereocenters. The number of para-hydroxylation sites is 2. The average molecular weight is 426 g/mol. The number of carbonyl (C=O) groups is 1. The van der Waals surface area contributed by atoms with Crippen molar-refractivity contribution in [2.45, 2.75) is 39.3 Å². The smallest absolute Gasteiger partial charge is 0.254 e. The van der Waals surface area contributed by atoms with E-state index in [1.54, 1.807) is 0 Å². The molecule has 27 heavy (non-hydrogen) atoms. The van der Waals surface area contributed by atoms with Gasteiger partial charge < -0.3 is 9.47 Å². The molecule has 1 aliphatic rings. The van der Waals surface area contributed by atoms with E-state index in [0.29, 0.717) is 12.5 Å². The minimum atomic E-state index is 0.0818. The Labute approximate surface area is 168 Å². The molecule has 4 nitrogen and oxygen atoms in total. The summed E-state index contributed by atoms with van der Waals surface area (Å²) in [4.78, 5) is 20.0. The quantitative estimate of drug-likeness (QED) is 0.517. The van der Waals surface area contributed by atoms with E-state index in [-0.39, 0.29) is 5.91 Å². The first-order valence-electron chi connectivity index (χ1n) is 9.64. The van der Waals surface area contributed by atoms with Crippen molar-refractivity contribution < 1.29 is 4.79 Å². The van der Waals surface area contributed by atoms with Crippen molar-refractivity contribution in [1.82, 2.24) is 14.5 Å². The standard InChI is InChI=1S/C22H24BrN3O/c1-2-12-26-20-9-4-3-8-19(20)24-21(26)15-25(14-16-10-11-16)22(27)17-6-5-7-18(23)13-17/h3-9,13,16H,2,10-12,14-15H2,1H3. The number of nitrogens with zero attached hydrogens (tertiary/aromatic N) is 3. The highest BCUT2D eigenvalue weighted by Gasteiger charge is 2.28. The minimum Gasteiger partial charge on any atom is -0.331 e. The van der Waals surface area contributed by atoms with Gasteiger partial charge in [0.1, 0.15) is 5.82 Å². The van der Waals surface area contributed by atoms with Gasteiger partial charge in [0.25, 0.3) is 5.91 Å². The van der Waals surface area contributed by atoms with Crippen molar-refractivity contribution in [1.29, 1.82) is 0 Å².